The molecule has 118 valence electrons. The molecule has 1 heterocycles. The summed E-state index contributed by atoms with van der Waals surface area (Å²) in [5, 5.41) is 0. The number of rotatable bonds is 3. The zero-order valence-corrected chi connectivity index (χ0v) is 12.9. The summed E-state index contributed by atoms with van der Waals surface area (Å²) in [6.45, 7) is 5.90. The van der Waals surface area contributed by atoms with E-state index in [0.29, 0.717) is 0 Å². The molecule has 0 aliphatic heterocycles. The molecule has 0 spiro atoms. The Kier molecular flexibility index (Phi) is 4.39. The van der Waals surface area contributed by atoms with Crippen LogP contribution in [0.25, 0.3) is 0 Å². The van der Waals surface area contributed by atoms with Gasteiger partial charge >= 0.3 is 6.18 Å². The lowest BCUT2D eigenvalue weighted by atomic mass is 10.00. The monoisotopic (exact) mass is 309 g/mol. The number of nitrogens with zero attached hydrogens (tertiary/aromatic N) is 3. The molecule has 2 aromatic rings. The van der Waals surface area contributed by atoms with Gasteiger partial charge in [-0.25, -0.2) is 9.97 Å². The Morgan fingerprint density at radius 2 is 1.82 bits per heavy atom. The second kappa shape index (κ2) is 5.94. The summed E-state index contributed by atoms with van der Waals surface area (Å²) < 4.78 is 38.3. The molecule has 1 atom stereocenters. The normalized spacial score (nSPS) is 13.0. The SMILES string of the molecule is Cc1ccc([C@@H](C)N(C)c2nccc(C(F)(F)F)n2)c(C)c1. The highest BCUT2D eigenvalue weighted by atomic mass is 19.4. The minimum absolute atomic E-state index is 0.0577. The summed E-state index contributed by atoms with van der Waals surface area (Å²) in [6, 6.07) is 6.76. The molecule has 0 unspecified atom stereocenters. The Bertz CT molecular complexity index is 668. The predicted molar refractivity (Wildman–Crippen MR) is 79.8 cm³/mol. The third kappa shape index (κ3) is 3.37. The lowest BCUT2D eigenvalue weighted by Crippen LogP contribution is -2.25. The Balaban J connectivity index is 2.33. The first kappa shape index (κ1) is 16.3. The fourth-order valence-electron chi connectivity index (χ4n) is 2.35. The lowest BCUT2D eigenvalue weighted by molar-refractivity contribution is -0.141. The number of benzene rings is 1. The summed E-state index contributed by atoms with van der Waals surface area (Å²) in [4.78, 5) is 9.23. The predicted octanol–water partition coefficient (Wildman–Crippen LogP) is 4.31. The van der Waals surface area contributed by atoms with Crippen LogP contribution in [0.1, 0.15) is 35.3 Å². The number of hydrogen-bond donors (Lipinski definition) is 0. The zero-order valence-electron chi connectivity index (χ0n) is 12.9. The number of aryl methyl sites for hydroxylation is 2. The molecule has 6 heteroatoms. The number of anilines is 1. The molecule has 0 aliphatic carbocycles. The zero-order chi connectivity index (χ0) is 16.5. The van der Waals surface area contributed by atoms with Gasteiger partial charge in [-0.05, 0) is 38.0 Å². The van der Waals surface area contributed by atoms with Crippen LogP contribution < -0.4 is 4.90 Å². The molecule has 0 saturated heterocycles. The second-order valence-electron chi connectivity index (χ2n) is 5.39. The van der Waals surface area contributed by atoms with Crippen molar-refractivity contribution in [1.29, 1.82) is 0 Å². The van der Waals surface area contributed by atoms with Gasteiger partial charge < -0.3 is 4.90 Å². The minimum Gasteiger partial charge on any atom is -0.337 e. The third-order valence-electron chi connectivity index (χ3n) is 3.71. The largest absolute Gasteiger partial charge is 0.433 e. The van der Waals surface area contributed by atoms with Gasteiger partial charge in [-0.2, -0.15) is 13.2 Å². The Morgan fingerprint density at radius 1 is 1.14 bits per heavy atom. The van der Waals surface area contributed by atoms with Crippen LogP contribution in [-0.2, 0) is 6.18 Å². The van der Waals surface area contributed by atoms with E-state index in [4.69, 9.17) is 0 Å². The van der Waals surface area contributed by atoms with E-state index in [1.54, 1.807) is 11.9 Å². The van der Waals surface area contributed by atoms with Crippen LogP contribution in [0.5, 0.6) is 0 Å². The maximum atomic E-state index is 12.8. The topological polar surface area (TPSA) is 29.0 Å². The Labute approximate surface area is 127 Å². The molecule has 0 amide bonds. The molecule has 2 rings (SSSR count). The molecule has 0 N–H and O–H groups in total. The molecule has 0 bridgehead atoms. The van der Waals surface area contributed by atoms with E-state index in [9.17, 15) is 13.2 Å². The number of alkyl halides is 3. The summed E-state index contributed by atoms with van der Waals surface area (Å²) in [5.41, 5.74) is 2.34. The maximum Gasteiger partial charge on any atom is 0.433 e. The first-order valence-corrected chi connectivity index (χ1v) is 6.90. The van der Waals surface area contributed by atoms with E-state index in [-0.39, 0.29) is 12.0 Å². The van der Waals surface area contributed by atoms with Gasteiger partial charge in [-0.3, -0.25) is 0 Å². The van der Waals surface area contributed by atoms with Crippen molar-refractivity contribution in [3.05, 3.63) is 52.8 Å². The van der Waals surface area contributed by atoms with Gasteiger partial charge in [-0.1, -0.05) is 23.8 Å². The van der Waals surface area contributed by atoms with Crippen molar-refractivity contribution in [2.45, 2.75) is 33.0 Å². The average Bonchev–Trinajstić information content (AvgIpc) is 2.45. The third-order valence-corrected chi connectivity index (χ3v) is 3.71. The minimum atomic E-state index is -4.47. The Morgan fingerprint density at radius 3 is 2.41 bits per heavy atom. The van der Waals surface area contributed by atoms with E-state index in [1.165, 1.54) is 0 Å². The van der Waals surface area contributed by atoms with Crippen molar-refractivity contribution in [1.82, 2.24) is 9.97 Å². The van der Waals surface area contributed by atoms with Crippen LogP contribution in [0.4, 0.5) is 19.1 Å². The fourth-order valence-corrected chi connectivity index (χ4v) is 2.35. The van der Waals surface area contributed by atoms with E-state index < -0.39 is 11.9 Å². The number of hydrogen-bond acceptors (Lipinski definition) is 3. The molecule has 3 nitrogen and oxygen atoms in total. The highest BCUT2D eigenvalue weighted by molar-refractivity contribution is 5.40. The molecule has 0 fully saturated rings. The summed E-state index contributed by atoms with van der Waals surface area (Å²) in [7, 11) is 1.69. The average molecular weight is 309 g/mol. The van der Waals surface area contributed by atoms with Gasteiger partial charge in [0.2, 0.25) is 5.95 Å². The van der Waals surface area contributed by atoms with Crippen LogP contribution in [0, 0.1) is 13.8 Å². The van der Waals surface area contributed by atoms with Gasteiger partial charge in [0.1, 0.15) is 5.69 Å². The number of aromatic nitrogens is 2. The van der Waals surface area contributed by atoms with Crippen molar-refractivity contribution < 1.29 is 13.2 Å². The fraction of sp³-hybridized carbons (Fsp3) is 0.375. The summed E-state index contributed by atoms with van der Waals surface area (Å²) >= 11 is 0. The van der Waals surface area contributed by atoms with Crippen molar-refractivity contribution >= 4 is 5.95 Å². The van der Waals surface area contributed by atoms with Crippen molar-refractivity contribution in [3.63, 3.8) is 0 Å². The quantitative estimate of drug-likeness (QED) is 0.846. The van der Waals surface area contributed by atoms with Crippen LogP contribution in [0.15, 0.2) is 30.5 Å². The molecule has 1 aromatic heterocycles. The van der Waals surface area contributed by atoms with Crippen molar-refractivity contribution in [3.8, 4) is 0 Å². The molecule has 22 heavy (non-hydrogen) atoms. The van der Waals surface area contributed by atoms with Gasteiger partial charge in [0, 0.05) is 13.2 Å². The molecule has 0 aliphatic rings. The summed E-state index contributed by atoms with van der Waals surface area (Å²) in [6.07, 6.45) is -3.34. The standard InChI is InChI=1S/C16H18F3N3/c1-10-5-6-13(11(2)9-10)12(3)22(4)15-20-8-7-14(21-15)16(17,18)19/h5-9,12H,1-4H3/t12-/m1/s1. The molecule has 1 aromatic carbocycles. The highest BCUT2D eigenvalue weighted by Crippen LogP contribution is 2.30. The summed E-state index contributed by atoms with van der Waals surface area (Å²) in [5.74, 6) is 0.0577. The van der Waals surface area contributed by atoms with E-state index in [0.717, 1.165) is 29.0 Å². The van der Waals surface area contributed by atoms with Crippen molar-refractivity contribution in [2.24, 2.45) is 0 Å². The lowest BCUT2D eigenvalue weighted by Gasteiger charge is -2.27. The van der Waals surface area contributed by atoms with Crippen LogP contribution in [0.3, 0.4) is 0 Å². The van der Waals surface area contributed by atoms with E-state index >= 15 is 0 Å². The highest BCUT2D eigenvalue weighted by Gasteiger charge is 2.33. The van der Waals surface area contributed by atoms with Gasteiger partial charge in [-0.15, -0.1) is 0 Å². The Hall–Kier alpha value is -2.11. The van der Waals surface area contributed by atoms with E-state index in [2.05, 4.69) is 9.97 Å². The van der Waals surface area contributed by atoms with Crippen LogP contribution in [-0.4, -0.2) is 17.0 Å². The van der Waals surface area contributed by atoms with Gasteiger partial charge in [0.15, 0.2) is 0 Å². The first-order chi connectivity index (χ1) is 10.2. The van der Waals surface area contributed by atoms with E-state index in [1.807, 2.05) is 39.0 Å². The molecule has 0 radical (unpaired) electrons. The van der Waals surface area contributed by atoms with Crippen molar-refractivity contribution in [2.75, 3.05) is 11.9 Å². The smallest absolute Gasteiger partial charge is 0.337 e. The first-order valence-electron chi connectivity index (χ1n) is 6.90. The number of halogens is 3. The maximum absolute atomic E-state index is 12.8. The van der Waals surface area contributed by atoms with Crippen LogP contribution >= 0.6 is 0 Å². The molecule has 0 saturated carbocycles. The van der Waals surface area contributed by atoms with Gasteiger partial charge in [0.05, 0.1) is 6.04 Å². The van der Waals surface area contributed by atoms with Crippen LogP contribution in [0.2, 0.25) is 0 Å². The van der Waals surface area contributed by atoms with Gasteiger partial charge in [0.25, 0.3) is 0 Å². The molecular formula is C16H18F3N3. The molecular weight excluding hydrogens is 291 g/mol. The second-order valence-corrected chi connectivity index (χ2v) is 5.39.